The van der Waals surface area contributed by atoms with Crippen LogP contribution in [0.25, 0.3) is 10.9 Å². The van der Waals surface area contributed by atoms with Crippen LogP contribution < -0.4 is 5.32 Å². The van der Waals surface area contributed by atoms with Crippen molar-refractivity contribution in [1.29, 1.82) is 0 Å². The molecular formula is C17H22N2O2. The van der Waals surface area contributed by atoms with Gasteiger partial charge in [0.1, 0.15) is 5.75 Å². The van der Waals surface area contributed by atoms with Gasteiger partial charge in [0.25, 0.3) is 0 Å². The van der Waals surface area contributed by atoms with E-state index in [9.17, 15) is 9.90 Å². The number of nitrogens with one attached hydrogen (secondary N) is 2. The van der Waals surface area contributed by atoms with Gasteiger partial charge in [0.2, 0.25) is 5.91 Å². The summed E-state index contributed by atoms with van der Waals surface area (Å²) >= 11 is 0. The zero-order chi connectivity index (χ0) is 14.7. The average Bonchev–Trinajstić information content (AvgIpc) is 2.90. The lowest BCUT2D eigenvalue weighted by Gasteiger charge is -2.20. The van der Waals surface area contributed by atoms with E-state index in [-0.39, 0.29) is 17.6 Å². The van der Waals surface area contributed by atoms with E-state index in [0.717, 1.165) is 30.2 Å². The van der Waals surface area contributed by atoms with Crippen LogP contribution >= 0.6 is 0 Å². The van der Waals surface area contributed by atoms with E-state index in [4.69, 9.17) is 0 Å². The van der Waals surface area contributed by atoms with E-state index < -0.39 is 0 Å². The summed E-state index contributed by atoms with van der Waals surface area (Å²) in [6.07, 6.45) is 8.48. The Morgan fingerprint density at radius 1 is 1.29 bits per heavy atom. The van der Waals surface area contributed by atoms with E-state index in [1.165, 1.54) is 24.8 Å². The van der Waals surface area contributed by atoms with Crippen LogP contribution in [-0.4, -0.2) is 22.5 Å². The van der Waals surface area contributed by atoms with E-state index in [0.29, 0.717) is 6.54 Å². The fraction of sp³-hybridized carbons (Fsp3) is 0.471. The minimum atomic E-state index is 0.215. The van der Waals surface area contributed by atoms with Crippen molar-refractivity contribution in [3.63, 3.8) is 0 Å². The molecule has 112 valence electrons. The predicted molar refractivity (Wildman–Crippen MR) is 83.3 cm³/mol. The molecule has 3 rings (SSSR count). The average molecular weight is 286 g/mol. The Hall–Kier alpha value is -1.97. The first-order valence-electron chi connectivity index (χ1n) is 7.81. The standard InChI is InChI=1S/C17H22N2O2/c20-14-6-7-15-13(11-19-16(15)10-14)8-9-18-17(21)12-4-2-1-3-5-12/h6-7,10-12,19-20H,1-5,8-9H2,(H,18,21). The van der Waals surface area contributed by atoms with Crippen LogP contribution in [0.1, 0.15) is 37.7 Å². The zero-order valence-corrected chi connectivity index (χ0v) is 12.2. The quantitative estimate of drug-likeness (QED) is 0.808. The van der Waals surface area contributed by atoms with Gasteiger partial charge < -0.3 is 15.4 Å². The zero-order valence-electron chi connectivity index (χ0n) is 12.2. The molecule has 1 aliphatic carbocycles. The molecular weight excluding hydrogens is 264 g/mol. The summed E-state index contributed by atoms with van der Waals surface area (Å²) in [5.74, 6) is 0.701. The van der Waals surface area contributed by atoms with Gasteiger partial charge in [-0.25, -0.2) is 0 Å². The van der Waals surface area contributed by atoms with Crippen molar-refractivity contribution in [2.24, 2.45) is 5.92 Å². The Labute approximate surface area is 124 Å². The van der Waals surface area contributed by atoms with Gasteiger partial charge >= 0.3 is 0 Å². The van der Waals surface area contributed by atoms with E-state index in [2.05, 4.69) is 10.3 Å². The van der Waals surface area contributed by atoms with Crippen LogP contribution in [0, 0.1) is 5.92 Å². The molecule has 3 N–H and O–H groups in total. The SMILES string of the molecule is O=C(NCCc1c[nH]c2cc(O)ccc12)C1CCCCC1. The van der Waals surface area contributed by atoms with Gasteiger partial charge in [0, 0.05) is 35.6 Å². The maximum Gasteiger partial charge on any atom is 0.223 e. The molecule has 1 amide bonds. The second-order valence-electron chi connectivity index (χ2n) is 5.92. The van der Waals surface area contributed by atoms with Crippen molar-refractivity contribution in [1.82, 2.24) is 10.3 Å². The van der Waals surface area contributed by atoms with Gasteiger partial charge in [-0.2, -0.15) is 0 Å². The molecule has 4 heteroatoms. The highest BCUT2D eigenvalue weighted by atomic mass is 16.3. The fourth-order valence-corrected chi connectivity index (χ4v) is 3.21. The molecule has 1 aromatic carbocycles. The van der Waals surface area contributed by atoms with Gasteiger partial charge in [-0.15, -0.1) is 0 Å². The first kappa shape index (κ1) is 14.0. The van der Waals surface area contributed by atoms with Crippen molar-refractivity contribution < 1.29 is 9.90 Å². The number of hydrogen-bond acceptors (Lipinski definition) is 2. The number of hydrogen-bond donors (Lipinski definition) is 3. The maximum absolute atomic E-state index is 12.1. The third-order valence-electron chi connectivity index (χ3n) is 4.42. The molecule has 0 aliphatic heterocycles. The number of aromatic hydroxyl groups is 1. The molecule has 2 aromatic rings. The van der Waals surface area contributed by atoms with E-state index >= 15 is 0 Å². The monoisotopic (exact) mass is 286 g/mol. The molecule has 1 heterocycles. The molecule has 21 heavy (non-hydrogen) atoms. The molecule has 0 bridgehead atoms. The van der Waals surface area contributed by atoms with Crippen molar-refractivity contribution in [2.45, 2.75) is 38.5 Å². The lowest BCUT2D eigenvalue weighted by molar-refractivity contribution is -0.125. The number of amides is 1. The molecule has 1 aliphatic rings. The predicted octanol–water partition coefficient (Wildman–Crippen LogP) is 3.11. The smallest absolute Gasteiger partial charge is 0.223 e. The summed E-state index contributed by atoms with van der Waals surface area (Å²) in [6.45, 7) is 0.670. The second kappa shape index (κ2) is 6.20. The van der Waals surface area contributed by atoms with E-state index in [1.54, 1.807) is 12.1 Å². The molecule has 0 atom stereocenters. The Balaban J connectivity index is 1.55. The first-order valence-corrected chi connectivity index (χ1v) is 7.81. The van der Waals surface area contributed by atoms with Gasteiger partial charge in [0.05, 0.1) is 0 Å². The number of aromatic nitrogens is 1. The second-order valence-corrected chi connectivity index (χ2v) is 5.92. The summed E-state index contributed by atoms with van der Waals surface area (Å²) in [5, 5.41) is 13.6. The van der Waals surface area contributed by atoms with Gasteiger partial charge in [-0.3, -0.25) is 4.79 Å². The molecule has 0 unspecified atom stereocenters. The van der Waals surface area contributed by atoms with Gasteiger partial charge in [0.15, 0.2) is 0 Å². The number of carbonyl (C=O) groups excluding carboxylic acids is 1. The molecule has 4 nitrogen and oxygen atoms in total. The fourth-order valence-electron chi connectivity index (χ4n) is 3.21. The Morgan fingerprint density at radius 2 is 2.10 bits per heavy atom. The van der Waals surface area contributed by atoms with Crippen LogP contribution in [0.3, 0.4) is 0 Å². The van der Waals surface area contributed by atoms with Crippen LogP contribution in [0.15, 0.2) is 24.4 Å². The third-order valence-corrected chi connectivity index (χ3v) is 4.42. The van der Waals surface area contributed by atoms with E-state index in [1.807, 2.05) is 12.3 Å². The van der Waals surface area contributed by atoms with Gasteiger partial charge in [-0.1, -0.05) is 19.3 Å². The number of phenols is 1. The lowest BCUT2D eigenvalue weighted by Crippen LogP contribution is -2.33. The highest BCUT2D eigenvalue weighted by molar-refractivity contribution is 5.84. The van der Waals surface area contributed by atoms with Crippen LogP contribution in [0.4, 0.5) is 0 Å². The number of aromatic amines is 1. The first-order chi connectivity index (χ1) is 10.2. The molecule has 0 spiro atoms. The largest absolute Gasteiger partial charge is 0.508 e. The van der Waals surface area contributed by atoms with Crippen LogP contribution in [0.5, 0.6) is 5.75 Å². The lowest BCUT2D eigenvalue weighted by atomic mass is 9.88. The van der Waals surface area contributed by atoms with Crippen molar-refractivity contribution >= 4 is 16.8 Å². The number of fused-ring (bicyclic) bond motifs is 1. The number of phenolic OH excluding ortho intramolecular Hbond substituents is 1. The summed E-state index contributed by atoms with van der Waals surface area (Å²) in [5.41, 5.74) is 2.11. The summed E-state index contributed by atoms with van der Waals surface area (Å²) in [6, 6.07) is 5.33. The normalized spacial score (nSPS) is 16.2. The number of benzene rings is 1. The summed E-state index contributed by atoms with van der Waals surface area (Å²) < 4.78 is 0. The molecule has 1 aromatic heterocycles. The minimum Gasteiger partial charge on any atom is -0.508 e. The van der Waals surface area contributed by atoms with Crippen LogP contribution in [0.2, 0.25) is 0 Å². The topological polar surface area (TPSA) is 65.1 Å². The summed E-state index contributed by atoms with van der Waals surface area (Å²) in [4.78, 5) is 15.2. The van der Waals surface area contributed by atoms with Gasteiger partial charge in [-0.05, 0) is 37.0 Å². The minimum absolute atomic E-state index is 0.215. The maximum atomic E-state index is 12.1. The number of carbonyl (C=O) groups is 1. The molecule has 0 saturated heterocycles. The van der Waals surface area contributed by atoms with Crippen molar-refractivity contribution in [3.05, 3.63) is 30.0 Å². The van der Waals surface area contributed by atoms with Crippen molar-refractivity contribution in [2.75, 3.05) is 6.54 Å². The van der Waals surface area contributed by atoms with Crippen LogP contribution in [-0.2, 0) is 11.2 Å². The molecule has 0 radical (unpaired) electrons. The molecule has 1 saturated carbocycles. The number of H-pyrrole nitrogens is 1. The summed E-state index contributed by atoms with van der Waals surface area (Å²) in [7, 11) is 0. The Morgan fingerprint density at radius 3 is 2.90 bits per heavy atom. The Bertz CT molecular complexity index is 627. The van der Waals surface area contributed by atoms with Crippen molar-refractivity contribution in [3.8, 4) is 5.75 Å². The highest BCUT2D eigenvalue weighted by Gasteiger charge is 2.20. The third kappa shape index (κ3) is 3.20. The Kier molecular flexibility index (Phi) is 4.13. The number of rotatable bonds is 4. The molecule has 1 fully saturated rings. The highest BCUT2D eigenvalue weighted by Crippen LogP contribution is 2.24.